The summed E-state index contributed by atoms with van der Waals surface area (Å²) in [5, 5.41) is 11.5. The topological polar surface area (TPSA) is 32.6 Å². The first-order valence-corrected chi connectivity index (χ1v) is 3.87. The number of nitrogens with zero attached hydrogens (tertiary/aromatic N) is 1. The molecule has 1 aromatic carbocycles. The molecule has 0 atom stereocenters. The molecule has 2 nitrogen and oxygen atoms in total. The van der Waals surface area contributed by atoms with Crippen LogP contribution in [0, 0.1) is 0 Å². The molecule has 1 aromatic rings. The first-order chi connectivity index (χ1) is 5.90. The van der Waals surface area contributed by atoms with Crippen molar-refractivity contribution in [2.45, 2.75) is 6.42 Å². The van der Waals surface area contributed by atoms with Crippen molar-refractivity contribution in [3.63, 3.8) is 0 Å². The molecule has 12 heavy (non-hydrogen) atoms. The highest BCUT2D eigenvalue weighted by molar-refractivity contribution is 6.14. The van der Waals surface area contributed by atoms with E-state index >= 15 is 0 Å². The third kappa shape index (κ3) is 1.11. The summed E-state index contributed by atoms with van der Waals surface area (Å²) >= 11 is 0. The van der Waals surface area contributed by atoms with Crippen LogP contribution in [0.5, 0.6) is 0 Å². The minimum absolute atomic E-state index is 0.758. The molecule has 2 heteroatoms. The number of hydrogen-bond donors (Lipinski definition) is 1. The summed E-state index contributed by atoms with van der Waals surface area (Å²) in [6, 6.07) is 10.1. The maximum absolute atomic E-state index is 8.39. The van der Waals surface area contributed by atoms with Gasteiger partial charge in [0.1, 0.15) is 0 Å². The smallest absolute Gasteiger partial charge is 0.0842 e. The van der Waals surface area contributed by atoms with Crippen molar-refractivity contribution >= 4 is 11.3 Å². The third-order valence-corrected chi connectivity index (χ3v) is 1.99. The second-order valence-electron chi connectivity index (χ2n) is 2.80. The molecule has 0 bridgehead atoms. The lowest BCUT2D eigenvalue weighted by Crippen LogP contribution is -2.07. The highest BCUT2D eigenvalue weighted by Crippen LogP contribution is 2.26. The van der Waals surface area contributed by atoms with E-state index in [2.05, 4.69) is 17.3 Å². The third-order valence-electron chi connectivity index (χ3n) is 1.99. The summed E-state index contributed by atoms with van der Waals surface area (Å²) in [6.45, 7) is 0. The van der Waals surface area contributed by atoms with Gasteiger partial charge in [-0.15, -0.1) is 0 Å². The molecule has 0 saturated heterocycles. The lowest BCUT2D eigenvalue weighted by Gasteiger charge is -2.15. The standard InChI is InChI=1S/C10H9NO/c12-11-10-6-9(7-10)8-4-2-1-3-5-8/h1-6,12H,7H2/b11-10-. The predicted molar refractivity (Wildman–Crippen MR) is 48.3 cm³/mol. The molecule has 1 aliphatic carbocycles. The first kappa shape index (κ1) is 7.10. The van der Waals surface area contributed by atoms with Gasteiger partial charge in [-0.2, -0.15) is 0 Å². The van der Waals surface area contributed by atoms with Gasteiger partial charge in [0.15, 0.2) is 0 Å². The van der Waals surface area contributed by atoms with E-state index in [9.17, 15) is 0 Å². The van der Waals surface area contributed by atoms with Crippen molar-refractivity contribution in [3.05, 3.63) is 42.0 Å². The van der Waals surface area contributed by atoms with Crippen LogP contribution in [-0.2, 0) is 0 Å². The van der Waals surface area contributed by atoms with Crippen LogP contribution >= 0.6 is 0 Å². The minimum atomic E-state index is 0.758. The molecule has 1 N–H and O–H groups in total. The van der Waals surface area contributed by atoms with Gasteiger partial charge < -0.3 is 5.21 Å². The highest BCUT2D eigenvalue weighted by Gasteiger charge is 2.14. The van der Waals surface area contributed by atoms with Gasteiger partial charge in [-0.25, -0.2) is 0 Å². The fourth-order valence-corrected chi connectivity index (χ4v) is 1.27. The highest BCUT2D eigenvalue weighted by atomic mass is 16.4. The molecule has 0 amide bonds. The van der Waals surface area contributed by atoms with Crippen LogP contribution in [-0.4, -0.2) is 10.9 Å². The van der Waals surface area contributed by atoms with Gasteiger partial charge in [0.25, 0.3) is 0 Å². The average Bonchev–Trinajstić information content (AvgIpc) is 2.04. The summed E-state index contributed by atoms with van der Waals surface area (Å²) < 4.78 is 0. The van der Waals surface area contributed by atoms with Crippen molar-refractivity contribution in [1.82, 2.24) is 0 Å². The average molecular weight is 159 g/mol. The van der Waals surface area contributed by atoms with Crippen molar-refractivity contribution in [1.29, 1.82) is 0 Å². The van der Waals surface area contributed by atoms with Gasteiger partial charge >= 0.3 is 0 Å². The molecule has 0 aliphatic heterocycles. The molecule has 0 heterocycles. The summed E-state index contributed by atoms with van der Waals surface area (Å²) in [6.07, 6.45) is 2.68. The van der Waals surface area contributed by atoms with E-state index in [0.29, 0.717) is 0 Å². The Morgan fingerprint density at radius 2 is 1.83 bits per heavy atom. The number of oxime groups is 1. The summed E-state index contributed by atoms with van der Waals surface area (Å²) in [5.74, 6) is 0. The molecular weight excluding hydrogens is 150 g/mol. The Morgan fingerprint density at radius 3 is 2.42 bits per heavy atom. The van der Waals surface area contributed by atoms with E-state index in [1.54, 1.807) is 0 Å². The van der Waals surface area contributed by atoms with Crippen LogP contribution in [0.3, 0.4) is 0 Å². The lowest BCUT2D eigenvalue weighted by atomic mass is 9.90. The molecule has 0 unspecified atom stereocenters. The van der Waals surface area contributed by atoms with Gasteiger partial charge in [-0.3, -0.25) is 0 Å². The van der Waals surface area contributed by atoms with Crippen molar-refractivity contribution in [2.75, 3.05) is 0 Å². The summed E-state index contributed by atoms with van der Waals surface area (Å²) in [4.78, 5) is 0. The maximum atomic E-state index is 8.39. The van der Waals surface area contributed by atoms with Crippen LogP contribution in [0.15, 0.2) is 41.6 Å². The molecule has 0 spiro atoms. The molecule has 0 saturated carbocycles. The molecule has 2 rings (SSSR count). The zero-order valence-electron chi connectivity index (χ0n) is 6.57. The molecule has 0 radical (unpaired) electrons. The Morgan fingerprint density at radius 1 is 1.17 bits per heavy atom. The number of rotatable bonds is 1. The number of benzene rings is 1. The lowest BCUT2D eigenvalue weighted by molar-refractivity contribution is 0.318. The van der Waals surface area contributed by atoms with Crippen LogP contribution < -0.4 is 0 Å². The Kier molecular flexibility index (Phi) is 1.67. The molecular formula is C10H9NO. The van der Waals surface area contributed by atoms with Gasteiger partial charge in [0, 0.05) is 6.42 Å². The second kappa shape index (κ2) is 2.81. The Balaban J connectivity index is 2.26. The Labute approximate surface area is 70.8 Å². The fraction of sp³-hybridized carbons (Fsp3) is 0.100. The van der Waals surface area contributed by atoms with Crippen molar-refractivity contribution in [2.24, 2.45) is 5.16 Å². The van der Waals surface area contributed by atoms with E-state index in [-0.39, 0.29) is 0 Å². The van der Waals surface area contributed by atoms with Gasteiger partial charge in [0.05, 0.1) is 5.71 Å². The SMILES string of the molecule is O/N=C1/C=C(c2ccccc2)C1. The van der Waals surface area contributed by atoms with Crippen molar-refractivity contribution in [3.8, 4) is 0 Å². The van der Waals surface area contributed by atoms with E-state index in [4.69, 9.17) is 5.21 Å². The number of allylic oxidation sites excluding steroid dienone is 2. The van der Waals surface area contributed by atoms with E-state index < -0.39 is 0 Å². The number of hydrogen-bond acceptors (Lipinski definition) is 2. The Hall–Kier alpha value is -1.57. The molecule has 0 fully saturated rings. The van der Waals surface area contributed by atoms with E-state index in [0.717, 1.165) is 12.1 Å². The van der Waals surface area contributed by atoms with E-state index in [1.165, 1.54) is 11.1 Å². The quantitative estimate of drug-likeness (QED) is 0.495. The van der Waals surface area contributed by atoms with Crippen LogP contribution in [0.4, 0.5) is 0 Å². The first-order valence-electron chi connectivity index (χ1n) is 3.87. The van der Waals surface area contributed by atoms with Gasteiger partial charge in [-0.05, 0) is 17.2 Å². The molecule has 60 valence electrons. The van der Waals surface area contributed by atoms with Crippen LogP contribution in [0.1, 0.15) is 12.0 Å². The second-order valence-corrected chi connectivity index (χ2v) is 2.80. The maximum Gasteiger partial charge on any atom is 0.0842 e. The van der Waals surface area contributed by atoms with Crippen molar-refractivity contribution < 1.29 is 5.21 Å². The molecule has 1 aliphatic rings. The fourth-order valence-electron chi connectivity index (χ4n) is 1.27. The monoisotopic (exact) mass is 159 g/mol. The predicted octanol–water partition coefficient (Wildman–Crippen LogP) is 2.30. The van der Waals surface area contributed by atoms with Gasteiger partial charge in [0.2, 0.25) is 0 Å². The zero-order valence-corrected chi connectivity index (χ0v) is 6.57. The van der Waals surface area contributed by atoms with E-state index in [1.807, 2.05) is 24.3 Å². The molecule has 0 aromatic heterocycles. The van der Waals surface area contributed by atoms with Gasteiger partial charge in [-0.1, -0.05) is 35.5 Å². The minimum Gasteiger partial charge on any atom is -0.411 e. The normalized spacial score (nSPS) is 18.7. The Bertz CT molecular complexity index is 338. The largest absolute Gasteiger partial charge is 0.411 e. The summed E-state index contributed by atoms with van der Waals surface area (Å²) in [5.41, 5.74) is 3.21. The van der Waals surface area contributed by atoms with Crippen LogP contribution in [0.25, 0.3) is 5.57 Å². The summed E-state index contributed by atoms with van der Waals surface area (Å²) in [7, 11) is 0. The zero-order chi connectivity index (χ0) is 8.39. The van der Waals surface area contributed by atoms with Crippen LogP contribution in [0.2, 0.25) is 0 Å².